The van der Waals surface area contributed by atoms with Crippen LogP contribution in [0.1, 0.15) is 29.5 Å². The Morgan fingerprint density at radius 2 is 2.25 bits per heavy atom. The number of carbonyl (C=O) groups excluding carboxylic acids is 1. The lowest BCUT2D eigenvalue weighted by atomic mass is 10.3. The summed E-state index contributed by atoms with van der Waals surface area (Å²) in [6.07, 6.45) is 4.26. The van der Waals surface area contributed by atoms with Gasteiger partial charge in [-0.25, -0.2) is 9.97 Å². The number of carbonyl (C=O) groups is 1. The summed E-state index contributed by atoms with van der Waals surface area (Å²) in [5, 5.41) is 0. The van der Waals surface area contributed by atoms with Gasteiger partial charge in [-0.3, -0.25) is 4.79 Å². The first-order valence-electron chi connectivity index (χ1n) is 6.49. The summed E-state index contributed by atoms with van der Waals surface area (Å²) in [6.45, 7) is 3.22. The number of halogens is 1. The van der Waals surface area contributed by atoms with Gasteiger partial charge in [-0.15, -0.1) is 0 Å². The molecule has 0 radical (unpaired) electrons. The Morgan fingerprint density at radius 3 is 2.85 bits per heavy atom. The zero-order valence-electron chi connectivity index (χ0n) is 11.6. The molecule has 6 heteroatoms. The third-order valence-electron chi connectivity index (χ3n) is 2.83. The molecule has 0 N–H and O–H groups in total. The number of nitrogens with zero attached hydrogens (tertiary/aromatic N) is 4. The minimum Gasteiger partial charge on any atom is -0.340 e. The van der Waals surface area contributed by atoms with E-state index in [1.165, 1.54) is 0 Å². The van der Waals surface area contributed by atoms with E-state index in [4.69, 9.17) is 0 Å². The quantitative estimate of drug-likeness (QED) is 0.788. The van der Waals surface area contributed by atoms with E-state index in [9.17, 15) is 4.79 Å². The molecule has 0 spiro atoms. The first-order valence-corrected chi connectivity index (χ1v) is 7.28. The largest absolute Gasteiger partial charge is 0.340 e. The van der Waals surface area contributed by atoms with Crippen LogP contribution >= 0.6 is 15.9 Å². The van der Waals surface area contributed by atoms with Crippen LogP contribution < -0.4 is 0 Å². The first kappa shape index (κ1) is 14.7. The number of imidazole rings is 1. The molecule has 2 aromatic heterocycles. The minimum atomic E-state index is -0.0609. The van der Waals surface area contributed by atoms with Crippen LogP contribution in [-0.2, 0) is 13.6 Å². The van der Waals surface area contributed by atoms with Gasteiger partial charge in [-0.1, -0.05) is 13.0 Å². The second-order valence-electron chi connectivity index (χ2n) is 4.60. The number of pyridine rings is 1. The van der Waals surface area contributed by atoms with Crippen molar-refractivity contribution < 1.29 is 4.79 Å². The van der Waals surface area contributed by atoms with Crippen LogP contribution in [0.4, 0.5) is 0 Å². The zero-order chi connectivity index (χ0) is 14.5. The highest BCUT2D eigenvalue weighted by Crippen LogP contribution is 2.11. The second-order valence-corrected chi connectivity index (χ2v) is 5.42. The minimum absolute atomic E-state index is 0.0609. The van der Waals surface area contributed by atoms with E-state index in [1.807, 2.05) is 32.2 Å². The number of aromatic nitrogens is 3. The molecule has 0 saturated heterocycles. The van der Waals surface area contributed by atoms with E-state index in [1.54, 1.807) is 22.0 Å². The Hall–Kier alpha value is -1.69. The summed E-state index contributed by atoms with van der Waals surface area (Å²) >= 11 is 3.35. The van der Waals surface area contributed by atoms with E-state index in [-0.39, 0.29) is 5.91 Å². The van der Waals surface area contributed by atoms with Gasteiger partial charge in [0.15, 0.2) is 0 Å². The molecular weight excluding hydrogens is 320 g/mol. The summed E-state index contributed by atoms with van der Waals surface area (Å²) in [4.78, 5) is 22.7. The average molecular weight is 337 g/mol. The van der Waals surface area contributed by atoms with Gasteiger partial charge in [-0.05, 0) is 34.5 Å². The van der Waals surface area contributed by atoms with Gasteiger partial charge in [0.05, 0.1) is 18.6 Å². The van der Waals surface area contributed by atoms with Crippen LogP contribution in [0.15, 0.2) is 35.3 Å². The molecule has 0 atom stereocenters. The maximum Gasteiger partial charge on any atom is 0.274 e. The summed E-state index contributed by atoms with van der Waals surface area (Å²) in [6, 6.07) is 5.70. The van der Waals surface area contributed by atoms with E-state index < -0.39 is 0 Å². The van der Waals surface area contributed by atoms with E-state index >= 15 is 0 Å². The molecule has 0 aliphatic heterocycles. The molecule has 2 aromatic rings. The lowest BCUT2D eigenvalue weighted by Gasteiger charge is -2.20. The smallest absolute Gasteiger partial charge is 0.274 e. The number of hydrogen-bond donors (Lipinski definition) is 0. The van der Waals surface area contributed by atoms with Crippen LogP contribution in [0.3, 0.4) is 0 Å². The van der Waals surface area contributed by atoms with E-state index in [0.717, 1.165) is 16.7 Å². The van der Waals surface area contributed by atoms with Crippen LogP contribution in [0, 0.1) is 0 Å². The maximum absolute atomic E-state index is 12.4. The monoisotopic (exact) mass is 336 g/mol. The lowest BCUT2D eigenvalue weighted by molar-refractivity contribution is 0.0735. The normalized spacial score (nSPS) is 10.6. The number of hydrogen-bond acceptors (Lipinski definition) is 3. The highest BCUT2D eigenvalue weighted by molar-refractivity contribution is 9.10. The summed E-state index contributed by atoms with van der Waals surface area (Å²) in [7, 11) is 1.85. The summed E-state index contributed by atoms with van der Waals surface area (Å²) < 4.78 is 2.55. The third kappa shape index (κ3) is 3.66. The molecule has 0 aliphatic carbocycles. The Labute approximate surface area is 126 Å². The molecule has 0 unspecified atom stereocenters. The van der Waals surface area contributed by atoms with Crippen molar-refractivity contribution in [2.24, 2.45) is 7.05 Å². The van der Waals surface area contributed by atoms with Gasteiger partial charge in [0.25, 0.3) is 5.91 Å². The molecular formula is C14H17BrN4O. The fraction of sp³-hybridized carbons (Fsp3) is 0.357. The topological polar surface area (TPSA) is 51.0 Å². The van der Waals surface area contributed by atoms with Crippen molar-refractivity contribution in [3.63, 3.8) is 0 Å². The Balaban J connectivity index is 2.16. The molecule has 0 aromatic carbocycles. The maximum atomic E-state index is 12.4. The summed E-state index contributed by atoms with van der Waals surface area (Å²) in [5.74, 6) is -0.0609. The average Bonchev–Trinajstić information content (AvgIpc) is 2.84. The van der Waals surface area contributed by atoms with Gasteiger partial charge >= 0.3 is 0 Å². The Bertz CT molecular complexity index is 596. The first-order chi connectivity index (χ1) is 9.60. The number of rotatable bonds is 5. The van der Waals surface area contributed by atoms with Crippen LogP contribution in [0.2, 0.25) is 0 Å². The third-order valence-corrected chi connectivity index (χ3v) is 3.27. The molecule has 5 nitrogen and oxygen atoms in total. The van der Waals surface area contributed by atoms with Crippen LogP contribution in [0.5, 0.6) is 0 Å². The molecule has 0 bridgehead atoms. The van der Waals surface area contributed by atoms with E-state index in [2.05, 4.69) is 25.9 Å². The lowest BCUT2D eigenvalue weighted by Crippen LogP contribution is -2.31. The predicted octanol–water partition coefficient (Wildman–Crippen LogP) is 2.63. The molecule has 0 saturated carbocycles. The van der Waals surface area contributed by atoms with E-state index in [0.29, 0.717) is 18.8 Å². The summed E-state index contributed by atoms with van der Waals surface area (Å²) in [5.41, 5.74) is 1.33. The van der Waals surface area contributed by atoms with Crippen LogP contribution in [0.25, 0.3) is 0 Å². The van der Waals surface area contributed by atoms with Gasteiger partial charge < -0.3 is 9.47 Å². The highest BCUT2D eigenvalue weighted by atomic mass is 79.9. The van der Waals surface area contributed by atoms with Crippen molar-refractivity contribution in [1.82, 2.24) is 19.4 Å². The molecule has 2 heterocycles. The molecule has 1 amide bonds. The van der Waals surface area contributed by atoms with Crippen molar-refractivity contribution in [3.05, 3.63) is 46.7 Å². The molecule has 0 aliphatic rings. The zero-order valence-corrected chi connectivity index (χ0v) is 13.2. The molecule has 106 valence electrons. The Morgan fingerprint density at radius 1 is 1.45 bits per heavy atom. The van der Waals surface area contributed by atoms with Gasteiger partial charge in [0, 0.05) is 19.8 Å². The molecule has 20 heavy (non-hydrogen) atoms. The Kier molecular flexibility index (Phi) is 4.89. The van der Waals surface area contributed by atoms with Crippen molar-refractivity contribution in [2.75, 3.05) is 6.54 Å². The van der Waals surface area contributed by atoms with Gasteiger partial charge in [0.2, 0.25) is 0 Å². The molecule has 0 fully saturated rings. The second kappa shape index (κ2) is 6.65. The predicted molar refractivity (Wildman–Crippen MR) is 80.2 cm³/mol. The van der Waals surface area contributed by atoms with Crippen molar-refractivity contribution in [1.29, 1.82) is 0 Å². The van der Waals surface area contributed by atoms with Crippen LogP contribution in [-0.4, -0.2) is 31.9 Å². The number of aryl methyl sites for hydroxylation is 1. The van der Waals surface area contributed by atoms with Crippen molar-refractivity contribution in [3.8, 4) is 0 Å². The molecule has 2 rings (SSSR count). The van der Waals surface area contributed by atoms with Gasteiger partial charge in [-0.2, -0.15) is 0 Å². The van der Waals surface area contributed by atoms with Crippen molar-refractivity contribution >= 4 is 21.8 Å². The highest BCUT2D eigenvalue weighted by Gasteiger charge is 2.18. The fourth-order valence-corrected chi connectivity index (χ4v) is 2.32. The van der Waals surface area contributed by atoms with Gasteiger partial charge in [0.1, 0.15) is 10.3 Å². The number of amides is 1. The van der Waals surface area contributed by atoms with Crippen molar-refractivity contribution in [2.45, 2.75) is 19.9 Å². The fourth-order valence-electron chi connectivity index (χ4n) is 1.94. The standard InChI is InChI=1S/C14H17BrN4O/c1-3-7-19(8-11-5-4-6-13(15)17-11)14(20)12-9-18(2)10-16-12/h4-6,9-10H,3,7-8H2,1-2H3. The SMILES string of the molecule is CCCN(Cc1cccc(Br)n1)C(=O)c1cn(C)cn1.